The van der Waals surface area contributed by atoms with Crippen LogP contribution < -0.4 is 5.32 Å². The molecule has 0 aliphatic carbocycles. The number of morpholine rings is 1. The summed E-state index contributed by atoms with van der Waals surface area (Å²) < 4.78 is 33.2. The number of carbonyl (C=O) groups excluding carboxylic acids is 1. The van der Waals surface area contributed by atoms with Gasteiger partial charge in [-0.1, -0.05) is 17.7 Å². The summed E-state index contributed by atoms with van der Waals surface area (Å²) in [6.07, 6.45) is 1.12. The molecule has 1 aliphatic heterocycles. The number of nitrogens with zero attached hydrogens (tertiary/aromatic N) is 2. The lowest BCUT2D eigenvalue weighted by atomic mass is 10.2. The van der Waals surface area contributed by atoms with E-state index in [1.807, 2.05) is 26.8 Å². The fourth-order valence-corrected chi connectivity index (χ4v) is 5.20. The minimum atomic E-state index is -3.87. The molecule has 7 nitrogen and oxygen atoms in total. The van der Waals surface area contributed by atoms with Gasteiger partial charge in [0, 0.05) is 24.8 Å². The van der Waals surface area contributed by atoms with Gasteiger partial charge in [-0.25, -0.2) is 13.4 Å². The number of hydrogen-bond acceptors (Lipinski definition) is 5. The molecule has 1 saturated heterocycles. The van der Waals surface area contributed by atoms with E-state index in [-0.39, 0.29) is 40.8 Å². The first kappa shape index (κ1) is 20.7. The van der Waals surface area contributed by atoms with Crippen LogP contribution in [-0.4, -0.2) is 48.9 Å². The monoisotopic (exact) mass is 423 g/mol. The zero-order chi connectivity index (χ0) is 20.5. The van der Waals surface area contributed by atoms with Crippen LogP contribution in [0.5, 0.6) is 0 Å². The first-order valence-electron chi connectivity index (χ1n) is 8.86. The second-order valence-electron chi connectivity index (χ2n) is 6.85. The number of nitrogens with one attached hydrogen (secondary N) is 1. The first-order chi connectivity index (χ1) is 13.2. The molecule has 1 aromatic carbocycles. The number of aromatic nitrogens is 1. The number of amides is 1. The predicted molar refractivity (Wildman–Crippen MR) is 107 cm³/mol. The highest BCUT2D eigenvalue weighted by Gasteiger charge is 2.33. The summed E-state index contributed by atoms with van der Waals surface area (Å²) >= 11 is 6.18. The van der Waals surface area contributed by atoms with Crippen molar-refractivity contribution < 1.29 is 17.9 Å². The molecule has 1 fully saturated rings. The van der Waals surface area contributed by atoms with E-state index in [2.05, 4.69) is 10.3 Å². The normalized spacial score (nSPS) is 20.7. The van der Waals surface area contributed by atoms with Crippen LogP contribution in [0.1, 0.15) is 29.8 Å². The summed E-state index contributed by atoms with van der Waals surface area (Å²) in [5.74, 6) is -0.0404. The van der Waals surface area contributed by atoms with Gasteiger partial charge in [0.25, 0.3) is 5.91 Å². The van der Waals surface area contributed by atoms with Crippen LogP contribution in [0.2, 0.25) is 5.02 Å². The van der Waals surface area contributed by atoms with Crippen LogP contribution >= 0.6 is 11.6 Å². The van der Waals surface area contributed by atoms with Gasteiger partial charge in [0.05, 0.1) is 17.2 Å². The summed E-state index contributed by atoms with van der Waals surface area (Å²) in [5.41, 5.74) is 0.983. The largest absolute Gasteiger partial charge is 0.373 e. The Labute approximate surface area is 169 Å². The number of hydrogen-bond donors (Lipinski definition) is 1. The van der Waals surface area contributed by atoms with Gasteiger partial charge < -0.3 is 10.1 Å². The topological polar surface area (TPSA) is 88.6 Å². The van der Waals surface area contributed by atoms with Crippen LogP contribution in [0.3, 0.4) is 0 Å². The third kappa shape index (κ3) is 4.35. The molecule has 2 atom stereocenters. The van der Waals surface area contributed by atoms with Gasteiger partial charge in [-0.15, -0.1) is 0 Å². The molecule has 2 aromatic rings. The van der Waals surface area contributed by atoms with Crippen molar-refractivity contribution in [3.05, 3.63) is 52.7 Å². The average Bonchev–Trinajstić information content (AvgIpc) is 2.63. The molecule has 9 heteroatoms. The van der Waals surface area contributed by atoms with Crippen molar-refractivity contribution in [3.63, 3.8) is 0 Å². The zero-order valence-electron chi connectivity index (χ0n) is 15.8. The minimum absolute atomic E-state index is 0.0670. The molecular weight excluding hydrogens is 402 g/mol. The fourth-order valence-electron chi connectivity index (χ4n) is 3.10. The highest BCUT2D eigenvalue weighted by Crippen LogP contribution is 2.28. The maximum absolute atomic E-state index is 13.1. The van der Waals surface area contributed by atoms with Crippen LogP contribution in [0.25, 0.3) is 0 Å². The molecular formula is C19H22ClN3O4S. The number of anilines is 1. The lowest BCUT2D eigenvalue weighted by molar-refractivity contribution is -0.0440. The number of rotatable bonds is 4. The van der Waals surface area contributed by atoms with Gasteiger partial charge in [-0.05, 0) is 50.6 Å². The maximum Gasteiger partial charge on any atom is 0.256 e. The van der Waals surface area contributed by atoms with Crippen molar-refractivity contribution >= 4 is 33.3 Å². The highest BCUT2D eigenvalue weighted by molar-refractivity contribution is 7.89. The second-order valence-corrected chi connectivity index (χ2v) is 9.16. The molecule has 3 rings (SSSR count). The molecule has 0 radical (unpaired) electrons. The van der Waals surface area contributed by atoms with Crippen molar-refractivity contribution in [1.82, 2.24) is 9.29 Å². The Morgan fingerprint density at radius 3 is 2.57 bits per heavy atom. The first-order valence-corrected chi connectivity index (χ1v) is 10.7. The standard InChI is InChI=1S/C19H22ClN3O4S/c1-12-5-4-8-21-18(12)22-19(24)15-6-7-16(20)17(9-15)28(25,26)23-10-13(2)27-14(3)11-23/h4-9,13-14H,10-11H2,1-3H3,(H,21,22,24). The van der Waals surface area contributed by atoms with E-state index in [9.17, 15) is 13.2 Å². The summed E-state index contributed by atoms with van der Waals surface area (Å²) in [7, 11) is -3.87. The number of carbonyl (C=O) groups is 1. The molecule has 28 heavy (non-hydrogen) atoms. The van der Waals surface area contributed by atoms with E-state index in [4.69, 9.17) is 16.3 Å². The number of benzene rings is 1. The van der Waals surface area contributed by atoms with Crippen LogP contribution in [0, 0.1) is 6.92 Å². The van der Waals surface area contributed by atoms with E-state index in [1.165, 1.54) is 22.5 Å². The highest BCUT2D eigenvalue weighted by atomic mass is 35.5. The fraction of sp³-hybridized carbons (Fsp3) is 0.368. The van der Waals surface area contributed by atoms with E-state index >= 15 is 0 Å². The SMILES string of the molecule is Cc1cccnc1NC(=O)c1ccc(Cl)c(S(=O)(=O)N2CC(C)OC(C)C2)c1. The Kier molecular flexibility index (Phi) is 6.04. The molecule has 150 valence electrons. The van der Waals surface area contributed by atoms with Crippen LogP contribution in [-0.2, 0) is 14.8 Å². The molecule has 1 aromatic heterocycles. The molecule has 2 heterocycles. The second kappa shape index (κ2) is 8.16. The summed E-state index contributed by atoms with van der Waals surface area (Å²) in [6.45, 7) is 5.91. The van der Waals surface area contributed by atoms with Crippen molar-refractivity contribution in [2.24, 2.45) is 0 Å². The van der Waals surface area contributed by atoms with Crippen LogP contribution in [0.4, 0.5) is 5.82 Å². The molecule has 1 N–H and O–H groups in total. The van der Waals surface area contributed by atoms with E-state index < -0.39 is 15.9 Å². The lowest BCUT2D eigenvalue weighted by Crippen LogP contribution is -2.48. The minimum Gasteiger partial charge on any atom is -0.373 e. The Balaban J connectivity index is 1.91. The quantitative estimate of drug-likeness (QED) is 0.816. The summed E-state index contributed by atoms with van der Waals surface area (Å²) in [6, 6.07) is 7.79. The van der Waals surface area contributed by atoms with Crippen molar-refractivity contribution in [3.8, 4) is 0 Å². The van der Waals surface area contributed by atoms with Gasteiger partial charge >= 0.3 is 0 Å². The van der Waals surface area contributed by atoms with Gasteiger partial charge in [-0.2, -0.15) is 4.31 Å². The zero-order valence-corrected chi connectivity index (χ0v) is 17.4. The third-order valence-corrected chi connectivity index (χ3v) is 6.75. The summed E-state index contributed by atoms with van der Waals surface area (Å²) in [4.78, 5) is 16.6. The van der Waals surface area contributed by atoms with Crippen molar-refractivity contribution in [2.75, 3.05) is 18.4 Å². The Morgan fingerprint density at radius 1 is 1.25 bits per heavy atom. The molecule has 0 spiro atoms. The Hall–Kier alpha value is -2.00. The number of pyridine rings is 1. The predicted octanol–water partition coefficient (Wildman–Crippen LogP) is 3.09. The van der Waals surface area contributed by atoms with E-state index in [0.717, 1.165) is 5.56 Å². The van der Waals surface area contributed by atoms with E-state index in [0.29, 0.717) is 5.82 Å². The molecule has 1 amide bonds. The Bertz CT molecular complexity index is 986. The Morgan fingerprint density at radius 2 is 1.93 bits per heavy atom. The van der Waals surface area contributed by atoms with Gasteiger partial charge in [0.1, 0.15) is 10.7 Å². The number of aryl methyl sites for hydroxylation is 1. The van der Waals surface area contributed by atoms with E-state index in [1.54, 1.807) is 12.3 Å². The smallest absolute Gasteiger partial charge is 0.256 e. The molecule has 0 saturated carbocycles. The number of ether oxygens (including phenoxy) is 1. The van der Waals surface area contributed by atoms with Gasteiger partial charge in [0.2, 0.25) is 10.0 Å². The average molecular weight is 424 g/mol. The third-order valence-electron chi connectivity index (χ3n) is 4.44. The number of sulfonamides is 1. The molecule has 1 aliphatic rings. The van der Waals surface area contributed by atoms with Crippen LogP contribution in [0.15, 0.2) is 41.4 Å². The molecule has 2 unspecified atom stereocenters. The lowest BCUT2D eigenvalue weighted by Gasteiger charge is -2.34. The maximum atomic E-state index is 13.1. The molecule has 0 bridgehead atoms. The van der Waals surface area contributed by atoms with Crippen molar-refractivity contribution in [1.29, 1.82) is 0 Å². The van der Waals surface area contributed by atoms with Gasteiger partial charge in [-0.3, -0.25) is 4.79 Å². The van der Waals surface area contributed by atoms with Crippen molar-refractivity contribution in [2.45, 2.75) is 37.9 Å². The number of halogens is 1. The van der Waals surface area contributed by atoms with Gasteiger partial charge in [0.15, 0.2) is 0 Å². The summed E-state index contributed by atoms with van der Waals surface area (Å²) in [5, 5.41) is 2.76.